The summed E-state index contributed by atoms with van der Waals surface area (Å²) in [4.78, 5) is 15.6. The van der Waals surface area contributed by atoms with Crippen LogP contribution in [0.15, 0.2) is 18.5 Å². The fourth-order valence-corrected chi connectivity index (χ4v) is 1.29. The van der Waals surface area contributed by atoms with Gasteiger partial charge in [0.05, 0.1) is 0 Å². The monoisotopic (exact) mass is 223 g/mol. The van der Waals surface area contributed by atoms with Gasteiger partial charge in [-0.1, -0.05) is 0 Å². The minimum absolute atomic E-state index is 0.175. The number of rotatable bonds is 5. The molecule has 1 rings (SSSR count). The zero-order valence-electron chi connectivity index (χ0n) is 9.56. The second kappa shape index (κ2) is 6.19. The van der Waals surface area contributed by atoms with Crippen molar-refractivity contribution in [2.24, 2.45) is 5.73 Å². The molecule has 1 unspecified atom stereocenters. The third-order valence-corrected chi connectivity index (χ3v) is 2.39. The molecule has 0 aliphatic heterocycles. The first-order chi connectivity index (χ1) is 7.69. The highest BCUT2D eigenvalue weighted by atomic mass is 16.5. The van der Waals surface area contributed by atoms with E-state index < -0.39 is 6.10 Å². The van der Waals surface area contributed by atoms with Gasteiger partial charge in [-0.25, -0.2) is 0 Å². The van der Waals surface area contributed by atoms with Crippen LogP contribution in [-0.2, 0) is 16.1 Å². The summed E-state index contributed by atoms with van der Waals surface area (Å²) in [7, 11) is 1.46. The van der Waals surface area contributed by atoms with E-state index >= 15 is 0 Å². The number of nitrogens with one attached hydrogen (secondary N) is 1. The van der Waals surface area contributed by atoms with Crippen LogP contribution in [0.1, 0.15) is 11.1 Å². The Morgan fingerprint density at radius 2 is 2.44 bits per heavy atom. The van der Waals surface area contributed by atoms with Crippen LogP contribution in [0.4, 0.5) is 0 Å². The number of aromatic nitrogens is 1. The van der Waals surface area contributed by atoms with Gasteiger partial charge in [0, 0.05) is 32.6 Å². The molecule has 16 heavy (non-hydrogen) atoms. The van der Waals surface area contributed by atoms with Crippen LogP contribution < -0.4 is 11.1 Å². The minimum Gasteiger partial charge on any atom is -0.370 e. The summed E-state index contributed by atoms with van der Waals surface area (Å²) in [5.41, 5.74) is 7.47. The topological polar surface area (TPSA) is 77.2 Å². The summed E-state index contributed by atoms with van der Waals surface area (Å²) in [6.07, 6.45) is 2.87. The second-order valence-corrected chi connectivity index (χ2v) is 3.48. The Hall–Kier alpha value is -1.46. The molecule has 0 radical (unpaired) electrons. The van der Waals surface area contributed by atoms with Crippen molar-refractivity contribution in [2.75, 3.05) is 13.7 Å². The first-order valence-electron chi connectivity index (χ1n) is 5.09. The first-order valence-corrected chi connectivity index (χ1v) is 5.09. The molecule has 1 amide bonds. The molecule has 1 aromatic rings. The minimum atomic E-state index is -0.586. The number of carbonyl (C=O) groups is 1. The first kappa shape index (κ1) is 12.6. The van der Waals surface area contributed by atoms with Gasteiger partial charge in [0.15, 0.2) is 0 Å². The van der Waals surface area contributed by atoms with E-state index in [0.717, 1.165) is 11.1 Å². The molecule has 88 valence electrons. The van der Waals surface area contributed by atoms with Gasteiger partial charge in [-0.05, 0) is 24.1 Å². The summed E-state index contributed by atoms with van der Waals surface area (Å²) < 4.78 is 4.93. The average Bonchev–Trinajstić information content (AvgIpc) is 2.29. The SMILES string of the molecule is COC(CN)C(=O)NCc1cnccc1C. The highest BCUT2D eigenvalue weighted by Crippen LogP contribution is 2.04. The van der Waals surface area contributed by atoms with E-state index in [9.17, 15) is 4.79 Å². The van der Waals surface area contributed by atoms with E-state index in [-0.39, 0.29) is 12.5 Å². The zero-order valence-corrected chi connectivity index (χ0v) is 9.56. The normalized spacial score (nSPS) is 12.2. The van der Waals surface area contributed by atoms with Crippen molar-refractivity contribution in [1.82, 2.24) is 10.3 Å². The summed E-state index contributed by atoms with van der Waals surface area (Å²) in [5, 5.41) is 2.76. The molecule has 1 aromatic heterocycles. The molecule has 1 heterocycles. The molecule has 3 N–H and O–H groups in total. The fraction of sp³-hybridized carbons (Fsp3) is 0.455. The summed E-state index contributed by atoms with van der Waals surface area (Å²) in [5.74, 6) is -0.201. The van der Waals surface area contributed by atoms with Crippen LogP contribution >= 0.6 is 0 Å². The lowest BCUT2D eigenvalue weighted by Gasteiger charge is -2.13. The van der Waals surface area contributed by atoms with Crippen molar-refractivity contribution in [3.63, 3.8) is 0 Å². The maximum Gasteiger partial charge on any atom is 0.250 e. The van der Waals surface area contributed by atoms with Crippen molar-refractivity contribution in [3.8, 4) is 0 Å². The molecular weight excluding hydrogens is 206 g/mol. The molecule has 0 bridgehead atoms. The van der Waals surface area contributed by atoms with E-state index in [0.29, 0.717) is 6.54 Å². The Bertz CT molecular complexity index is 351. The smallest absolute Gasteiger partial charge is 0.250 e. The van der Waals surface area contributed by atoms with Crippen molar-refractivity contribution >= 4 is 5.91 Å². The number of aryl methyl sites for hydroxylation is 1. The van der Waals surface area contributed by atoms with Gasteiger partial charge in [0.2, 0.25) is 0 Å². The molecule has 0 saturated heterocycles. The molecule has 0 spiro atoms. The van der Waals surface area contributed by atoms with Crippen molar-refractivity contribution < 1.29 is 9.53 Å². The standard InChI is InChI=1S/C11H17N3O2/c1-8-3-4-13-6-9(8)7-14-11(15)10(5-12)16-2/h3-4,6,10H,5,7,12H2,1-2H3,(H,14,15). The quantitative estimate of drug-likeness (QED) is 0.735. The Labute approximate surface area is 95.0 Å². The van der Waals surface area contributed by atoms with E-state index in [4.69, 9.17) is 10.5 Å². The molecule has 0 aliphatic carbocycles. The number of ether oxygens (including phenoxy) is 1. The average molecular weight is 223 g/mol. The van der Waals surface area contributed by atoms with Crippen LogP contribution in [0.5, 0.6) is 0 Å². The molecule has 0 saturated carbocycles. The summed E-state index contributed by atoms with van der Waals surface area (Å²) >= 11 is 0. The predicted octanol–water partition coefficient (Wildman–Crippen LogP) is -0.0201. The zero-order chi connectivity index (χ0) is 12.0. The number of hydrogen-bond acceptors (Lipinski definition) is 4. The van der Waals surface area contributed by atoms with Crippen LogP contribution in [0.2, 0.25) is 0 Å². The molecular formula is C11H17N3O2. The number of nitrogens with two attached hydrogens (primary N) is 1. The Balaban J connectivity index is 2.52. The maximum absolute atomic E-state index is 11.6. The number of carbonyl (C=O) groups excluding carboxylic acids is 1. The van der Waals surface area contributed by atoms with Crippen LogP contribution in [0.25, 0.3) is 0 Å². The molecule has 0 fully saturated rings. The third-order valence-electron chi connectivity index (χ3n) is 2.39. The van der Waals surface area contributed by atoms with Gasteiger partial charge < -0.3 is 15.8 Å². The van der Waals surface area contributed by atoms with Gasteiger partial charge in [0.25, 0.3) is 5.91 Å². The summed E-state index contributed by atoms with van der Waals surface area (Å²) in [6.45, 7) is 2.59. The molecule has 5 heteroatoms. The van der Waals surface area contributed by atoms with Crippen molar-refractivity contribution in [1.29, 1.82) is 0 Å². The summed E-state index contributed by atoms with van der Waals surface area (Å²) in [6, 6.07) is 1.90. The Morgan fingerprint density at radius 3 is 3.00 bits per heavy atom. The highest BCUT2D eigenvalue weighted by Gasteiger charge is 2.15. The van der Waals surface area contributed by atoms with Gasteiger partial charge in [-0.3, -0.25) is 9.78 Å². The maximum atomic E-state index is 11.6. The van der Waals surface area contributed by atoms with E-state index in [1.165, 1.54) is 7.11 Å². The van der Waals surface area contributed by atoms with Gasteiger partial charge in [-0.2, -0.15) is 0 Å². The lowest BCUT2D eigenvalue weighted by Crippen LogP contribution is -2.40. The van der Waals surface area contributed by atoms with Gasteiger partial charge in [0.1, 0.15) is 6.10 Å². The van der Waals surface area contributed by atoms with Crippen LogP contribution in [0, 0.1) is 6.92 Å². The highest BCUT2D eigenvalue weighted by molar-refractivity contribution is 5.80. The van der Waals surface area contributed by atoms with E-state index in [1.54, 1.807) is 12.4 Å². The van der Waals surface area contributed by atoms with E-state index in [1.807, 2.05) is 13.0 Å². The second-order valence-electron chi connectivity index (χ2n) is 3.48. The number of nitrogens with zero attached hydrogens (tertiary/aromatic N) is 1. The molecule has 0 aliphatic rings. The number of pyridine rings is 1. The predicted molar refractivity (Wildman–Crippen MR) is 60.7 cm³/mol. The van der Waals surface area contributed by atoms with Crippen LogP contribution in [0.3, 0.4) is 0 Å². The molecule has 0 aromatic carbocycles. The van der Waals surface area contributed by atoms with Crippen LogP contribution in [-0.4, -0.2) is 30.6 Å². The Kier molecular flexibility index (Phi) is 4.88. The number of methoxy groups -OCH3 is 1. The van der Waals surface area contributed by atoms with Crippen molar-refractivity contribution in [2.45, 2.75) is 19.6 Å². The van der Waals surface area contributed by atoms with Gasteiger partial charge in [-0.15, -0.1) is 0 Å². The molecule has 5 nitrogen and oxygen atoms in total. The lowest BCUT2D eigenvalue weighted by molar-refractivity contribution is -0.130. The van der Waals surface area contributed by atoms with Gasteiger partial charge >= 0.3 is 0 Å². The third kappa shape index (κ3) is 3.29. The largest absolute Gasteiger partial charge is 0.370 e. The number of hydrogen-bond donors (Lipinski definition) is 2. The van der Waals surface area contributed by atoms with E-state index in [2.05, 4.69) is 10.3 Å². The number of amides is 1. The lowest BCUT2D eigenvalue weighted by atomic mass is 10.1. The fourth-order valence-electron chi connectivity index (χ4n) is 1.29. The Morgan fingerprint density at radius 1 is 1.69 bits per heavy atom. The molecule has 1 atom stereocenters. The van der Waals surface area contributed by atoms with Crippen molar-refractivity contribution in [3.05, 3.63) is 29.6 Å².